The van der Waals surface area contributed by atoms with Gasteiger partial charge in [0.2, 0.25) is 0 Å². The lowest BCUT2D eigenvalue weighted by molar-refractivity contribution is 0.101. The molecule has 64 valence electrons. The molecular formula is C9H10ClNO. The van der Waals surface area contributed by atoms with Gasteiger partial charge in [-0.25, -0.2) is 0 Å². The van der Waals surface area contributed by atoms with Crippen LogP contribution in [-0.4, -0.2) is 12.8 Å². The number of nitrogens with one attached hydrogen (secondary N) is 1. The number of hydrogen-bond donors (Lipinski definition) is 1. The summed E-state index contributed by atoms with van der Waals surface area (Å²) in [5.74, 6) is 0.0156. The number of Topliss-reactive ketones (excluding diaryl/α,β-unsaturated/α-hetero) is 1. The summed E-state index contributed by atoms with van der Waals surface area (Å²) in [7, 11) is 1.74. The van der Waals surface area contributed by atoms with Crippen molar-refractivity contribution < 1.29 is 4.79 Å². The lowest BCUT2D eigenvalue weighted by atomic mass is 10.1. The Balaban J connectivity index is 3.27. The minimum absolute atomic E-state index is 0.0156. The van der Waals surface area contributed by atoms with Gasteiger partial charge in [0.05, 0.1) is 10.7 Å². The molecule has 2 nitrogen and oxygen atoms in total. The summed E-state index contributed by atoms with van der Waals surface area (Å²) < 4.78 is 0. The molecule has 0 unspecified atom stereocenters. The fourth-order valence-electron chi connectivity index (χ4n) is 1.07. The third-order valence-electron chi connectivity index (χ3n) is 1.64. The first kappa shape index (κ1) is 9.07. The molecule has 3 heteroatoms. The number of hydrogen-bond acceptors (Lipinski definition) is 2. The van der Waals surface area contributed by atoms with Crippen molar-refractivity contribution in [1.82, 2.24) is 0 Å². The second-order valence-corrected chi connectivity index (χ2v) is 2.88. The standard InChI is InChI=1S/C9H10ClNO/c1-6(12)7-4-3-5-8(10)9(7)11-2/h3-5,11H,1-2H3. The molecule has 0 atom stereocenters. The highest BCUT2D eigenvalue weighted by atomic mass is 35.5. The molecule has 0 amide bonds. The molecule has 0 bridgehead atoms. The number of carbonyl (C=O) groups is 1. The molecule has 0 aliphatic rings. The highest BCUT2D eigenvalue weighted by Crippen LogP contribution is 2.25. The molecule has 0 spiro atoms. The predicted molar refractivity (Wildman–Crippen MR) is 51.0 cm³/mol. The molecule has 12 heavy (non-hydrogen) atoms. The SMILES string of the molecule is CNc1c(Cl)cccc1C(C)=O. The quantitative estimate of drug-likeness (QED) is 0.715. The van der Waals surface area contributed by atoms with E-state index in [-0.39, 0.29) is 5.78 Å². The van der Waals surface area contributed by atoms with Gasteiger partial charge in [-0.05, 0) is 19.1 Å². The lowest BCUT2D eigenvalue weighted by Crippen LogP contribution is -2.00. The van der Waals surface area contributed by atoms with Gasteiger partial charge in [-0.3, -0.25) is 4.79 Å². The fourth-order valence-corrected chi connectivity index (χ4v) is 1.34. The van der Waals surface area contributed by atoms with Crippen molar-refractivity contribution in [2.24, 2.45) is 0 Å². The van der Waals surface area contributed by atoms with Crippen molar-refractivity contribution in [2.45, 2.75) is 6.92 Å². The van der Waals surface area contributed by atoms with Crippen LogP contribution in [0.15, 0.2) is 18.2 Å². The molecule has 0 radical (unpaired) electrons. The van der Waals surface area contributed by atoms with Crippen LogP contribution in [0.2, 0.25) is 5.02 Å². The minimum Gasteiger partial charge on any atom is -0.386 e. The third kappa shape index (κ3) is 1.59. The summed E-state index contributed by atoms with van der Waals surface area (Å²) in [6.45, 7) is 1.52. The number of para-hydroxylation sites is 1. The maximum Gasteiger partial charge on any atom is 0.161 e. The van der Waals surface area contributed by atoms with Gasteiger partial charge in [-0.1, -0.05) is 17.7 Å². The summed E-state index contributed by atoms with van der Waals surface area (Å²) in [6, 6.07) is 5.26. The van der Waals surface area contributed by atoms with Gasteiger partial charge < -0.3 is 5.32 Å². The third-order valence-corrected chi connectivity index (χ3v) is 1.96. The Kier molecular flexibility index (Phi) is 2.71. The van der Waals surface area contributed by atoms with Crippen molar-refractivity contribution in [1.29, 1.82) is 0 Å². The summed E-state index contributed by atoms with van der Waals surface area (Å²) in [5.41, 5.74) is 1.33. The maximum absolute atomic E-state index is 11.1. The van der Waals surface area contributed by atoms with E-state index in [1.54, 1.807) is 25.2 Å². The van der Waals surface area contributed by atoms with Crippen LogP contribution in [0, 0.1) is 0 Å². The zero-order valence-corrected chi connectivity index (χ0v) is 7.77. The smallest absolute Gasteiger partial charge is 0.161 e. The number of carbonyl (C=O) groups excluding carboxylic acids is 1. The van der Waals surface area contributed by atoms with Crippen LogP contribution in [0.1, 0.15) is 17.3 Å². The zero-order chi connectivity index (χ0) is 9.14. The van der Waals surface area contributed by atoms with Gasteiger partial charge in [0.25, 0.3) is 0 Å². The molecule has 0 saturated heterocycles. The van der Waals surface area contributed by atoms with Gasteiger partial charge in [0.1, 0.15) is 0 Å². The van der Waals surface area contributed by atoms with Crippen LogP contribution in [-0.2, 0) is 0 Å². The van der Waals surface area contributed by atoms with Gasteiger partial charge >= 0.3 is 0 Å². The van der Waals surface area contributed by atoms with Gasteiger partial charge in [-0.15, -0.1) is 0 Å². The van der Waals surface area contributed by atoms with E-state index in [4.69, 9.17) is 11.6 Å². The first-order valence-corrected chi connectivity index (χ1v) is 4.02. The largest absolute Gasteiger partial charge is 0.386 e. The zero-order valence-electron chi connectivity index (χ0n) is 7.02. The van der Waals surface area contributed by atoms with E-state index in [0.717, 1.165) is 0 Å². The second kappa shape index (κ2) is 3.59. The molecule has 1 aromatic carbocycles. The van der Waals surface area contributed by atoms with Gasteiger partial charge in [0, 0.05) is 12.6 Å². The van der Waals surface area contributed by atoms with Crippen molar-refractivity contribution in [3.05, 3.63) is 28.8 Å². The number of rotatable bonds is 2. The highest BCUT2D eigenvalue weighted by molar-refractivity contribution is 6.34. The molecule has 0 saturated carbocycles. The van der Waals surface area contributed by atoms with E-state index in [1.165, 1.54) is 6.92 Å². The summed E-state index contributed by atoms with van der Waals surface area (Å²) in [6.07, 6.45) is 0. The van der Waals surface area contributed by atoms with Crippen molar-refractivity contribution in [3.8, 4) is 0 Å². The van der Waals surface area contributed by atoms with Crippen molar-refractivity contribution in [2.75, 3.05) is 12.4 Å². The van der Waals surface area contributed by atoms with Crippen LogP contribution in [0.3, 0.4) is 0 Å². The topological polar surface area (TPSA) is 29.1 Å². The molecule has 0 aromatic heterocycles. The predicted octanol–water partition coefficient (Wildman–Crippen LogP) is 2.58. The Hall–Kier alpha value is -1.02. The average Bonchev–Trinajstić information content (AvgIpc) is 2.03. The minimum atomic E-state index is 0.0156. The Labute approximate surface area is 76.5 Å². The summed E-state index contributed by atoms with van der Waals surface area (Å²) >= 11 is 5.86. The van der Waals surface area contributed by atoms with E-state index < -0.39 is 0 Å². The van der Waals surface area contributed by atoms with Crippen LogP contribution in [0.5, 0.6) is 0 Å². The summed E-state index contributed by atoms with van der Waals surface area (Å²) in [4.78, 5) is 11.1. The van der Waals surface area contributed by atoms with Crippen molar-refractivity contribution in [3.63, 3.8) is 0 Å². The van der Waals surface area contributed by atoms with E-state index in [0.29, 0.717) is 16.3 Å². The monoisotopic (exact) mass is 183 g/mol. The Morgan fingerprint density at radius 2 is 2.17 bits per heavy atom. The number of benzene rings is 1. The van der Waals surface area contributed by atoms with Crippen LogP contribution < -0.4 is 5.32 Å². The molecule has 0 aliphatic carbocycles. The van der Waals surface area contributed by atoms with E-state index >= 15 is 0 Å². The normalized spacial score (nSPS) is 9.58. The number of anilines is 1. The molecular weight excluding hydrogens is 174 g/mol. The Morgan fingerprint density at radius 1 is 1.50 bits per heavy atom. The Bertz CT molecular complexity index is 309. The average molecular weight is 184 g/mol. The van der Waals surface area contributed by atoms with E-state index in [1.807, 2.05) is 0 Å². The van der Waals surface area contributed by atoms with E-state index in [9.17, 15) is 4.79 Å². The van der Waals surface area contributed by atoms with Crippen LogP contribution in [0.4, 0.5) is 5.69 Å². The molecule has 1 rings (SSSR count). The van der Waals surface area contributed by atoms with Gasteiger partial charge in [-0.2, -0.15) is 0 Å². The first-order chi connectivity index (χ1) is 5.66. The maximum atomic E-state index is 11.1. The van der Waals surface area contributed by atoms with E-state index in [2.05, 4.69) is 5.32 Å². The molecule has 1 aromatic rings. The highest BCUT2D eigenvalue weighted by Gasteiger charge is 2.07. The Morgan fingerprint density at radius 3 is 2.58 bits per heavy atom. The first-order valence-electron chi connectivity index (χ1n) is 3.64. The summed E-state index contributed by atoms with van der Waals surface area (Å²) in [5, 5.41) is 3.47. The lowest BCUT2D eigenvalue weighted by Gasteiger charge is -2.07. The fraction of sp³-hybridized carbons (Fsp3) is 0.222. The second-order valence-electron chi connectivity index (χ2n) is 2.47. The molecule has 1 N–H and O–H groups in total. The molecule has 0 fully saturated rings. The van der Waals surface area contributed by atoms with Gasteiger partial charge in [0.15, 0.2) is 5.78 Å². The number of halogens is 1. The molecule has 0 aliphatic heterocycles. The number of ketones is 1. The van der Waals surface area contributed by atoms with Crippen LogP contribution in [0.25, 0.3) is 0 Å². The van der Waals surface area contributed by atoms with Crippen molar-refractivity contribution >= 4 is 23.1 Å². The van der Waals surface area contributed by atoms with Crippen LogP contribution >= 0.6 is 11.6 Å². The molecule has 0 heterocycles.